The maximum atomic E-state index is 13.1. The second-order valence-corrected chi connectivity index (χ2v) is 4.59. The van der Waals surface area contributed by atoms with E-state index in [2.05, 4.69) is 20.7 Å². The minimum Gasteiger partial charge on any atom is -0.496 e. The zero-order valence-corrected chi connectivity index (χ0v) is 11.0. The van der Waals surface area contributed by atoms with E-state index in [0.717, 1.165) is 0 Å². The molecule has 0 aliphatic heterocycles. The van der Waals surface area contributed by atoms with Crippen LogP contribution in [0.15, 0.2) is 18.2 Å². The summed E-state index contributed by atoms with van der Waals surface area (Å²) in [7, 11) is 1.40. The van der Waals surface area contributed by atoms with Crippen molar-refractivity contribution < 1.29 is 27.0 Å². The van der Waals surface area contributed by atoms with E-state index in [0.29, 0.717) is 11.3 Å². The highest BCUT2D eigenvalue weighted by atomic mass is 79.9. The highest BCUT2D eigenvalue weighted by Gasteiger charge is 2.28. The fourth-order valence-corrected chi connectivity index (χ4v) is 1.86. The Morgan fingerprint density at radius 3 is 2.56 bits per heavy atom. The van der Waals surface area contributed by atoms with Crippen LogP contribution in [0.3, 0.4) is 0 Å². The zero-order chi connectivity index (χ0) is 13.8. The summed E-state index contributed by atoms with van der Waals surface area (Å²) in [4.78, 5) is -0.578. The van der Waals surface area contributed by atoms with Gasteiger partial charge in [-0.2, -0.15) is 13.2 Å². The first-order valence-corrected chi connectivity index (χ1v) is 5.87. The Balaban J connectivity index is 2.66. The molecule has 1 unspecified atom stereocenters. The third kappa shape index (κ3) is 4.81. The van der Waals surface area contributed by atoms with Gasteiger partial charge in [-0.3, -0.25) is 0 Å². The van der Waals surface area contributed by atoms with Gasteiger partial charge in [-0.1, -0.05) is 15.9 Å². The summed E-state index contributed by atoms with van der Waals surface area (Å²) in [6, 6.07) is 3.80. The molecule has 0 amide bonds. The zero-order valence-electron chi connectivity index (χ0n) is 9.43. The molecule has 0 saturated heterocycles. The van der Waals surface area contributed by atoms with Crippen molar-refractivity contribution in [2.75, 3.05) is 20.3 Å². The Hall–Kier alpha value is -0.820. The summed E-state index contributed by atoms with van der Waals surface area (Å²) in [5.74, 6) is -0.111. The molecular formula is C11H11BrF4O2. The average molecular weight is 331 g/mol. The first-order chi connectivity index (χ1) is 8.33. The van der Waals surface area contributed by atoms with E-state index in [4.69, 9.17) is 4.74 Å². The maximum Gasteiger partial charge on any atom is 0.411 e. The van der Waals surface area contributed by atoms with Gasteiger partial charge in [0.05, 0.1) is 18.5 Å². The van der Waals surface area contributed by atoms with E-state index in [1.165, 1.54) is 25.3 Å². The van der Waals surface area contributed by atoms with Crippen molar-refractivity contribution in [3.05, 3.63) is 29.6 Å². The molecule has 0 aromatic heterocycles. The molecule has 1 atom stereocenters. The van der Waals surface area contributed by atoms with Crippen molar-refractivity contribution in [1.29, 1.82) is 0 Å². The standard InChI is InChI=1S/C11H11BrF4O2/c1-17-10-3-2-7(13)4-8(10)9(12)5-18-6-11(14,15)16/h2-4,9H,5-6H2,1H3. The fraction of sp³-hybridized carbons (Fsp3) is 0.455. The molecule has 0 N–H and O–H groups in total. The number of benzene rings is 1. The summed E-state index contributed by atoms with van der Waals surface area (Å²) in [6.07, 6.45) is -4.38. The Labute approximate surface area is 110 Å². The minimum absolute atomic E-state index is 0.237. The van der Waals surface area contributed by atoms with Crippen molar-refractivity contribution in [2.24, 2.45) is 0 Å². The van der Waals surface area contributed by atoms with Gasteiger partial charge in [-0.15, -0.1) is 0 Å². The fourth-order valence-electron chi connectivity index (χ4n) is 1.32. The van der Waals surface area contributed by atoms with Crippen LogP contribution in [0.4, 0.5) is 17.6 Å². The topological polar surface area (TPSA) is 18.5 Å². The van der Waals surface area contributed by atoms with Gasteiger partial charge in [-0.05, 0) is 18.2 Å². The van der Waals surface area contributed by atoms with E-state index < -0.39 is 23.4 Å². The smallest absolute Gasteiger partial charge is 0.411 e. The second-order valence-electron chi connectivity index (χ2n) is 3.48. The Kier molecular flexibility index (Phi) is 5.40. The van der Waals surface area contributed by atoms with E-state index in [-0.39, 0.29) is 6.61 Å². The van der Waals surface area contributed by atoms with Crippen LogP contribution in [0.25, 0.3) is 0 Å². The van der Waals surface area contributed by atoms with Crippen LogP contribution in [-0.2, 0) is 4.74 Å². The van der Waals surface area contributed by atoms with Gasteiger partial charge in [0.1, 0.15) is 18.2 Å². The average Bonchev–Trinajstić information content (AvgIpc) is 2.27. The number of methoxy groups -OCH3 is 1. The summed E-state index contributed by atoms with van der Waals surface area (Å²) in [6.45, 7) is -1.58. The highest BCUT2D eigenvalue weighted by Crippen LogP contribution is 2.32. The number of halogens is 5. The number of hydrogen-bond donors (Lipinski definition) is 0. The van der Waals surface area contributed by atoms with Crippen molar-refractivity contribution in [3.8, 4) is 5.75 Å². The lowest BCUT2D eigenvalue weighted by Gasteiger charge is -2.15. The molecule has 0 fully saturated rings. The molecule has 0 heterocycles. The predicted molar refractivity (Wildman–Crippen MR) is 61.5 cm³/mol. The van der Waals surface area contributed by atoms with E-state index >= 15 is 0 Å². The molecule has 7 heteroatoms. The Morgan fingerprint density at radius 2 is 2.00 bits per heavy atom. The molecule has 18 heavy (non-hydrogen) atoms. The van der Waals surface area contributed by atoms with Gasteiger partial charge in [-0.25, -0.2) is 4.39 Å². The van der Waals surface area contributed by atoms with Crippen molar-refractivity contribution in [3.63, 3.8) is 0 Å². The first kappa shape index (κ1) is 15.2. The molecule has 0 radical (unpaired) electrons. The normalized spacial score (nSPS) is 13.4. The van der Waals surface area contributed by atoms with Gasteiger partial charge in [0.15, 0.2) is 0 Å². The molecular weight excluding hydrogens is 320 g/mol. The minimum atomic E-state index is -4.38. The molecule has 0 spiro atoms. The van der Waals surface area contributed by atoms with Gasteiger partial charge in [0.2, 0.25) is 0 Å². The molecule has 0 aliphatic rings. The molecule has 102 valence electrons. The summed E-state index contributed by atoms with van der Waals surface area (Å²) < 4.78 is 58.2. The molecule has 0 aliphatic carbocycles. The predicted octanol–water partition coefficient (Wildman–Crippen LogP) is 3.85. The third-order valence-corrected chi connectivity index (χ3v) is 2.82. The molecule has 1 rings (SSSR count). The monoisotopic (exact) mass is 330 g/mol. The Bertz CT molecular complexity index is 395. The molecule has 2 nitrogen and oxygen atoms in total. The van der Waals surface area contributed by atoms with Crippen LogP contribution < -0.4 is 4.74 Å². The summed E-state index contributed by atoms with van der Waals surface area (Å²) in [5.41, 5.74) is 0.402. The van der Waals surface area contributed by atoms with Gasteiger partial charge >= 0.3 is 6.18 Å². The lowest BCUT2D eigenvalue weighted by Crippen LogP contribution is -2.18. The SMILES string of the molecule is COc1ccc(F)cc1C(Br)COCC(F)(F)F. The Morgan fingerprint density at radius 1 is 1.33 bits per heavy atom. The second kappa shape index (κ2) is 6.38. The molecule has 0 bridgehead atoms. The lowest BCUT2D eigenvalue weighted by atomic mass is 10.1. The van der Waals surface area contributed by atoms with Crippen LogP contribution in [-0.4, -0.2) is 26.5 Å². The van der Waals surface area contributed by atoms with Crippen LogP contribution in [0, 0.1) is 5.82 Å². The lowest BCUT2D eigenvalue weighted by molar-refractivity contribution is -0.173. The number of hydrogen-bond acceptors (Lipinski definition) is 2. The van der Waals surface area contributed by atoms with Gasteiger partial charge < -0.3 is 9.47 Å². The van der Waals surface area contributed by atoms with Crippen LogP contribution in [0.1, 0.15) is 10.4 Å². The van der Waals surface area contributed by atoms with E-state index in [9.17, 15) is 17.6 Å². The van der Waals surface area contributed by atoms with Crippen molar-refractivity contribution >= 4 is 15.9 Å². The largest absolute Gasteiger partial charge is 0.496 e. The number of rotatable bonds is 5. The van der Waals surface area contributed by atoms with Gasteiger partial charge in [0.25, 0.3) is 0 Å². The molecule has 0 saturated carbocycles. The summed E-state index contributed by atoms with van der Waals surface area (Å²) in [5, 5.41) is 0. The quantitative estimate of drug-likeness (QED) is 0.603. The highest BCUT2D eigenvalue weighted by molar-refractivity contribution is 9.09. The molecule has 1 aromatic carbocycles. The van der Waals surface area contributed by atoms with E-state index in [1.807, 2.05) is 0 Å². The maximum absolute atomic E-state index is 13.1. The van der Waals surface area contributed by atoms with Crippen molar-refractivity contribution in [2.45, 2.75) is 11.0 Å². The van der Waals surface area contributed by atoms with Crippen LogP contribution >= 0.6 is 15.9 Å². The first-order valence-electron chi connectivity index (χ1n) is 4.95. The van der Waals surface area contributed by atoms with E-state index in [1.54, 1.807) is 0 Å². The van der Waals surface area contributed by atoms with Crippen molar-refractivity contribution in [1.82, 2.24) is 0 Å². The van der Waals surface area contributed by atoms with Gasteiger partial charge in [0, 0.05) is 5.56 Å². The summed E-state index contributed by atoms with van der Waals surface area (Å²) >= 11 is 3.14. The molecule has 1 aromatic rings. The van der Waals surface area contributed by atoms with Crippen LogP contribution in [0.2, 0.25) is 0 Å². The number of ether oxygens (including phenoxy) is 2. The third-order valence-electron chi connectivity index (χ3n) is 2.06. The van der Waals surface area contributed by atoms with Crippen LogP contribution in [0.5, 0.6) is 5.75 Å². The number of alkyl halides is 4.